The van der Waals surface area contributed by atoms with Crippen molar-refractivity contribution in [1.82, 2.24) is 0 Å². The van der Waals surface area contributed by atoms with Crippen LogP contribution in [-0.4, -0.2) is 5.11 Å². The van der Waals surface area contributed by atoms with E-state index in [4.69, 9.17) is 4.52 Å². The van der Waals surface area contributed by atoms with Crippen LogP contribution in [0.2, 0.25) is 0 Å². The monoisotopic (exact) mass is 246 g/mol. The number of hydrogen-bond donors (Lipinski definition) is 1. The van der Waals surface area contributed by atoms with Crippen molar-refractivity contribution >= 4 is 8.69 Å². The molecule has 2 aromatic carbocycles. The van der Waals surface area contributed by atoms with Crippen LogP contribution in [0.3, 0.4) is 0 Å². The van der Waals surface area contributed by atoms with Crippen molar-refractivity contribution in [3.63, 3.8) is 0 Å². The van der Waals surface area contributed by atoms with Gasteiger partial charge in [-0.3, -0.25) is 4.52 Å². The summed E-state index contributed by atoms with van der Waals surface area (Å²) in [5, 5.41) is 10.5. The molecule has 2 aromatic rings. The van der Waals surface area contributed by atoms with Gasteiger partial charge in [0.25, 0.3) is 0 Å². The van der Waals surface area contributed by atoms with Gasteiger partial charge in [-0.25, -0.2) is 4.57 Å². The SMILES string of the molecule is O=POC(O)(c1ccccc1)c1ccccc1. The fourth-order valence-corrected chi connectivity index (χ4v) is 1.97. The molecular formula is C13H11O3P. The Hall–Kier alpha value is -1.54. The van der Waals surface area contributed by atoms with Gasteiger partial charge in [-0.15, -0.1) is 0 Å². The molecule has 0 heterocycles. The second-order valence-electron chi connectivity index (χ2n) is 3.54. The Morgan fingerprint density at radius 3 is 1.65 bits per heavy atom. The molecule has 0 bridgehead atoms. The maximum Gasteiger partial charge on any atom is 0.330 e. The fraction of sp³-hybridized carbons (Fsp3) is 0.0769. The molecule has 0 aliphatic carbocycles. The summed E-state index contributed by atoms with van der Waals surface area (Å²) in [6.45, 7) is 0. The quantitative estimate of drug-likeness (QED) is 0.666. The normalized spacial score (nSPS) is 11.6. The first-order chi connectivity index (χ1) is 8.27. The van der Waals surface area contributed by atoms with Gasteiger partial charge in [0.1, 0.15) is 0 Å². The van der Waals surface area contributed by atoms with Gasteiger partial charge < -0.3 is 5.11 Å². The Morgan fingerprint density at radius 1 is 0.882 bits per heavy atom. The molecule has 0 aliphatic heterocycles. The fourth-order valence-electron chi connectivity index (χ4n) is 1.65. The molecule has 0 aliphatic rings. The van der Waals surface area contributed by atoms with Gasteiger partial charge in [0, 0.05) is 11.1 Å². The molecule has 0 aromatic heterocycles. The largest absolute Gasteiger partial charge is 0.358 e. The van der Waals surface area contributed by atoms with Gasteiger partial charge >= 0.3 is 8.69 Å². The minimum Gasteiger partial charge on any atom is -0.358 e. The van der Waals surface area contributed by atoms with Gasteiger partial charge in [0.05, 0.1) is 0 Å². The molecule has 0 saturated heterocycles. The molecule has 0 saturated carbocycles. The average molecular weight is 246 g/mol. The number of hydrogen-bond acceptors (Lipinski definition) is 3. The Labute approximate surface area is 101 Å². The van der Waals surface area contributed by atoms with Crippen LogP contribution >= 0.6 is 8.69 Å². The zero-order valence-electron chi connectivity index (χ0n) is 8.98. The van der Waals surface area contributed by atoms with Gasteiger partial charge in [-0.05, 0) is 0 Å². The molecule has 17 heavy (non-hydrogen) atoms. The summed E-state index contributed by atoms with van der Waals surface area (Å²) in [5.41, 5.74) is 1.07. The topological polar surface area (TPSA) is 46.5 Å². The van der Waals surface area contributed by atoms with E-state index in [2.05, 4.69) is 0 Å². The van der Waals surface area contributed by atoms with E-state index in [0.29, 0.717) is 11.1 Å². The third-order valence-electron chi connectivity index (χ3n) is 2.50. The molecule has 4 heteroatoms. The second kappa shape index (κ2) is 5.19. The van der Waals surface area contributed by atoms with Crippen molar-refractivity contribution < 1.29 is 14.2 Å². The van der Waals surface area contributed by atoms with Crippen LogP contribution in [0.5, 0.6) is 0 Å². The van der Waals surface area contributed by atoms with Crippen LogP contribution in [0, 0.1) is 0 Å². The summed E-state index contributed by atoms with van der Waals surface area (Å²) < 4.78 is 15.7. The number of rotatable bonds is 4. The van der Waals surface area contributed by atoms with E-state index < -0.39 is 14.5 Å². The Morgan fingerprint density at radius 2 is 1.29 bits per heavy atom. The van der Waals surface area contributed by atoms with E-state index in [1.54, 1.807) is 48.5 Å². The van der Waals surface area contributed by atoms with E-state index in [0.717, 1.165) is 0 Å². The molecule has 1 N–H and O–H groups in total. The molecule has 3 nitrogen and oxygen atoms in total. The first kappa shape index (κ1) is 11.9. The van der Waals surface area contributed by atoms with Crippen LogP contribution in [0.15, 0.2) is 60.7 Å². The number of aliphatic hydroxyl groups is 1. The lowest BCUT2D eigenvalue weighted by molar-refractivity contribution is -0.100. The summed E-state index contributed by atoms with van der Waals surface area (Å²) in [5.74, 6) is -1.69. The highest BCUT2D eigenvalue weighted by Gasteiger charge is 2.33. The van der Waals surface area contributed by atoms with Gasteiger partial charge in [-0.2, -0.15) is 0 Å². The first-order valence-electron chi connectivity index (χ1n) is 5.11. The van der Waals surface area contributed by atoms with E-state index in [1.807, 2.05) is 12.1 Å². The highest BCUT2D eigenvalue weighted by molar-refractivity contribution is 7.17. The second-order valence-corrected chi connectivity index (χ2v) is 3.87. The summed E-state index contributed by atoms with van der Waals surface area (Å²) in [7, 11) is -0.571. The molecule has 0 spiro atoms. The van der Waals surface area contributed by atoms with E-state index >= 15 is 0 Å². The van der Waals surface area contributed by atoms with Crippen molar-refractivity contribution in [3.8, 4) is 0 Å². The minimum atomic E-state index is -1.69. The van der Waals surface area contributed by atoms with Gasteiger partial charge in [-0.1, -0.05) is 60.7 Å². The summed E-state index contributed by atoms with van der Waals surface area (Å²) >= 11 is 0. The van der Waals surface area contributed by atoms with Crippen molar-refractivity contribution in [2.75, 3.05) is 0 Å². The first-order valence-corrected chi connectivity index (χ1v) is 5.84. The molecule has 2 rings (SSSR count). The maximum atomic E-state index is 10.7. The molecule has 0 fully saturated rings. The summed E-state index contributed by atoms with van der Waals surface area (Å²) in [6, 6.07) is 17.7. The standard InChI is InChI=1S/C13H11O3P/c14-13(16-17-15,11-7-3-1-4-8-11)12-9-5-2-6-10-12/h1-10,14H. The Bertz CT molecular complexity index is 445. The highest BCUT2D eigenvalue weighted by atomic mass is 31.1. The highest BCUT2D eigenvalue weighted by Crippen LogP contribution is 2.33. The Kier molecular flexibility index (Phi) is 3.64. The molecule has 0 atom stereocenters. The molecule has 0 amide bonds. The van der Waals surface area contributed by atoms with Crippen molar-refractivity contribution in [1.29, 1.82) is 0 Å². The minimum absolute atomic E-state index is 0.537. The molecule has 86 valence electrons. The molecule has 0 unspecified atom stereocenters. The summed E-state index contributed by atoms with van der Waals surface area (Å²) in [6.07, 6.45) is 0. The molecular weight excluding hydrogens is 235 g/mol. The van der Waals surface area contributed by atoms with Gasteiger partial charge in [0.2, 0.25) is 5.79 Å². The number of benzene rings is 2. The van der Waals surface area contributed by atoms with Crippen LogP contribution in [0.25, 0.3) is 0 Å². The maximum absolute atomic E-state index is 10.7. The van der Waals surface area contributed by atoms with Crippen LogP contribution in [0.1, 0.15) is 11.1 Å². The smallest absolute Gasteiger partial charge is 0.330 e. The van der Waals surface area contributed by atoms with Gasteiger partial charge in [0.15, 0.2) is 0 Å². The van der Waals surface area contributed by atoms with Crippen molar-refractivity contribution in [2.24, 2.45) is 0 Å². The van der Waals surface area contributed by atoms with E-state index in [-0.39, 0.29) is 0 Å². The predicted octanol–water partition coefficient (Wildman–Crippen LogP) is 3.10. The lowest BCUT2D eigenvalue weighted by Gasteiger charge is -2.25. The van der Waals surface area contributed by atoms with E-state index in [1.165, 1.54) is 0 Å². The third-order valence-corrected chi connectivity index (χ3v) is 2.84. The molecule has 0 radical (unpaired) electrons. The lowest BCUT2D eigenvalue weighted by Crippen LogP contribution is -2.27. The van der Waals surface area contributed by atoms with Crippen LogP contribution < -0.4 is 0 Å². The zero-order valence-corrected chi connectivity index (χ0v) is 9.88. The van der Waals surface area contributed by atoms with Crippen molar-refractivity contribution in [2.45, 2.75) is 5.79 Å². The Balaban J connectivity index is 2.50. The lowest BCUT2D eigenvalue weighted by atomic mass is 9.98. The van der Waals surface area contributed by atoms with Crippen LogP contribution in [-0.2, 0) is 14.9 Å². The summed E-state index contributed by atoms with van der Waals surface area (Å²) in [4.78, 5) is 0. The van der Waals surface area contributed by atoms with Crippen molar-refractivity contribution in [3.05, 3.63) is 71.8 Å². The third kappa shape index (κ3) is 2.42. The van der Waals surface area contributed by atoms with Crippen LogP contribution in [0.4, 0.5) is 0 Å². The predicted molar refractivity (Wildman–Crippen MR) is 64.6 cm³/mol. The average Bonchev–Trinajstić information content (AvgIpc) is 2.41. The van der Waals surface area contributed by atoms with E-state index in [9.17, 15) is 9.67 Å². The zero-order chi connectivity index (χ0) is 12.1.